The van der Waals surface area contributed by atoms with Gasteiger partial charge in [0.2, 0.25) is 5.88 Å². The molecule has 0 spiro atoms. The van der Waals surface area contributed by atoms with Gasteiger partial charge in [0.25, 0.3) is 0 Å². The number of aryl methyl sites for hydroxylation is 1. The first-order valence-electron chi connectivity index (χ1n) is 5.51. The quantitative estimate of drug-likeness (QED) is 0.532. The van der Waals surface area contributed by atoms with Crippen molar-refractivity contribution in [2.45, 2.75) is 25.9 Å². The van der Waals surface area contributed by atoms with Gasteiger partial charge in [0.1, 0.15) is 18.4 Å². The maximum atomic E-state index is 11.2. The van der Waals surface area contributed by atoms with Crippen molar-refractivity contribution in [2.24, 2.45) is 0 Å². The fourth-order valence-electron chi connectivity index (χ4n) is 1.25. The molecule has 0 N–H and O–H groups in total. The van der Waals surface area contributed by atoms with Crippen LogP contribution in [0.3, 0.4) is 0 Å². The van der Waals surface area contributed by atoms with Gasteiger partial charge in [0.15, 0.2) is 0 Å². The smallest absolute Gasteiger partial charge is 0.306 e. The molecule has 1 aromatic heterocycles. The summed E-state index contributed by atoms with van der Waals surface area (Å²) in [5.41, 5.74) is 0.712. The number of carbonyl (C=O) groups excluding carboxylic acids is 1. The van der Waals surface area contributed by atoms with E-state index in [9.17, 15) is 4.79 Å². The number of esters is 1. The van der Waals surface area contributed by atoms with E-state index in [0.717, 1.165) is 18.3 Å². The van der Waals surface area contributed by atoms with Gasteiger partial charge in [-0.3, -0.25) is 4.79 Å². The molecule has 0 bridgehead atoms. The van der Waals surface area contributed by atoms with Crippen molar-refractivity contribution in [1.29, 1.82) is 0 Å². The summed E-state index contributed by atoms with van der Waals surface area (Å²) < 4.78 is 23.5. The Hall–Kier alpha value is -1.21. The summed E-state index contributed by atoms with van der Waals surface area (Å²) in [6.07, 6.45) is 0.987. The second-order valence-electron chi connectivity index (χ2n) is 3.59. The number of carbonyl (C=O) groups is 1. The average Bonchev–Trinajstić information content (AvgIpc) is 3.03. The van der Waals surface area contributed by atoms with Gasteiger partial charge in [0, 0.05) is 6.42 Å². The molecule has 0 saturated carbocycles. The molecule has 1 saturated heterocycles. The monoisotopic (exact) mass is 258 g/mol. The second kappa shape index (κ2) is 5.92. The molecule has 1 aliphatic rings. The molecule has 6 nitrogen and oxygen atoms in total. The third-order valence-corrected chi connectivity index (χ3v) is 2.75. The molecule has 1 aromatic rings. The zero-order chi connectivity index (χ0) is 12.1. The van der Waals surface area contributed by atoms with Crippen molar-refractivity contribution < 1.29 is 19.0 Å². The van der Waals surface area contributed by atoms with Gasteiger partial charge < -0.3 is 14.2 Å². The molecule has 0 aliphatic carbocycles. The van der Waals surface area contributed by atoms with Crippen LogP contribution >= 0.6 is 11.7 Å². The van der Waals surface area contributed by atoms with Crippen LogP contribution in [0.4, 0.5) is 0 Å². The van der Waals surface area contributed by atoms with Crippen molar-refractivity contribution in [3.05, 3.63) is 5.69 Å². The number of rotatable bonds is 7. The van der Waals surface area contributed by atoms with E-state index in [1.54, 1.807) is 6.92 Å². The lowest BCUT2D eigenvalue weighted by molar-refractivity contribution is -0.143. The van der Waals surface area contributed by atoms with E-state index >= 15 is 0 Å². The third kappa shape index (κ3) is 3.94. The number of aromatic nitrogens is 2. The van der Waals surface area contributed by atoms with Crippen LogP contribution in [0.25, 0.3) is 0 Å². The van der Waals surface area contributed by atoms with Crippen LogP contribution < -0.4 is 4.74 Å². The Labute approximate surface area is 103 Å². The van der Waals surface area contributed by atoms with Crippen molar-refractivity contribution in [1.82, 2.24) is 8.75 Å². The summed E-state index contributed by atoms with van der Waals surface area (Å²) in [4.78, 5) is 11.2. The van der Waals surface area contributed by atoms with E-state index in [0.29, 0.717) is 37.6 Å². The number of hydrogen-bond donors (Lipinski definition) is 0. The molecule has 2 heterocycles. The minimum absolute atomic E-state index is 0.189. The third-order valence-electron chi connectivity index (χ3n) is 2.20. The fraction of sp³-hybridized carbons (Fsp3) is 0.700. The number of epoxide rings is 1. The molecular formula is C10H14N2O4S. The van der Waals surface area contributed by atoms with E-state index in [1.807, 2.05) is 0 Å². The summed E-state index contributed by atoms with van der Waals surface area (Å²) in [6.45, 7) is 3.43. The van der Waals surface area contributed by atoms with Crippen molar-refractivity contribution >= 4 is 17.7 Å². The van der Waals surface area contributed by atoms with Crippen LogP contribution in [0.2, 0.25) is 0 Å². The highest BCUT2D eigenvalue weighted by atomic mass is 32.1. The lowest BCUT2D eigenvalue weighted by Crippen LogP contribution is -2.08. The first kappa shape index (κ1) is 12.3. The van der Waals surface area contributed by atoms with Gasteiger partial charge in [0.05, 0.1) is 31.4 Å². The summed E-state index contributed by atoms with van der Waals surface area (Å²) in [7, 11) is 0. The van der Waals surface area contributed by atoms with Gasteiger partial charge in [-0.15, -0.1) is 4.37 Å². The maximum absolute atomic E-state index is 11.2. The Bertz CT molecular complexity index is 378. The maximum Gasteiger partial charge on any atom is 0.306 e. The molecule has 1 atom stereocenters. The molecular weight excluding hydrogens is 244 g/mol. The van der Waals surface area contributed by atoms with Crippen molar-refractivity contribution in [3.8, 4) is 5.88 Å². The molecule has 0 amide bonds. The predicted molar refractivity (Wildman–Crippen MR) is 60.1 cm³/mol. The SMILES string of the molecule is CCOC(=O)CCc1nsnc1OCC1CO1. The molecule has 1 fully saturated rings. The zero-order valence-corrected chi connectivity index (χ0v) is 10.4. The lowest BCUT2D eigenvalue weighted by atomic mass is 10.2. The van der Waals surface area contributed by atoms with Crippen LogP contribution in [0.15, 0.2) is 0 Å². The van der Waals surface area contributed by atoms with Gasteiger partial charge in [-0.1, -0.05) is 0 Å². The normalized spacial score (nSPS) is 17.8. The number of hydrogen-bond acceptors (Lipinski definition) is 7. The number of nitrogens with zero attached hydrogens (tertiary/aromatic N) is 2. The largest absolute Gasteiger partial charge is 0.473 e. The van der Waals surface area contributed by atoms with Gasteiger partial charge >= 0.3 is 5.97 Å². The van der Waals surface area contributed by atoms with E-state index in [4.69, 9.17) is 14.2 Å². The minimum Gasteiger partial charge on any atom is -0.473 e. The van der Waals surface area contributed by atoms with E-state index in [2.05, 4.69) is 8.75 Å². The van der Waals surface area contributed by atoms with Gasteiger partial charge in [-0.05, 0) is 6.92 Å². The summed E-state index contributed by atoms with van der Waals surface area (Å²) in [6, 6.07) is 0. The highest BCUT2D eigenvalue weighted by Crippen LogP contribution is 2.19. The van der Waals surface area contributed by atoms with E-state index < -0.39 is 0 Å². The molecule has 17 heavy (non-hydrogen) atoms. The summed E-state index contributed by atoms with van der Waals surface area (Å²) in [5, 5.41) is 0. The Kier molecular flexibility index (Phi) is 4.27. The number of ether oxygens (including phenoxy) is 3. The van der Waals surface area contributed by atoms with Crippen molar-refractivity contribution in [3.63, 3.8) is 0 Å². The summed E-state index contributed by atoms with van der Waals surface area (Å²) in [5.74, 6) is 0.284. The lowest BCUT2D eigenvalue weighted by Gasteiger charge is -2.03. The van der Waals surface area contributed by atoms with E-state index in [1.165, 1.54) is 0 Å². The molecule has 94 valence electrons. The minimum atomic E-state index is -0.225. The highest BCUT2D eigenvalue weighted by Gasteiger charge is 2.24. The molecule has 1 unspecified atom stereocenters. The highest BCUT2D eigenvalue weighted by molar-refractivity contribution is 6.99. The molecule has 7 heteroatoms. The van der Waals surface area contributed by atoms with Crippen LogP contribution in [-0.2, 0) is 20.7 Å². The van der Waals surface area contributed by atoms with Crippen LogP contribution in [-0.4, -0.2) is 40.6 Å². The summed E-state index contributed by atoms with van der Waals surface area (Å²) >= 11 is 1.09. The molecule has 2 rings (SSSR count). The standard InChI is InChI=1S/C10H14N2O4S/c1-2-14-9(13)4-3-8-10(12-17-11-8)16-6-7-5-15-7/h7H,2-6H2,1H3. The molecule has 1 aliphatic heterocycles. The molecule has 0 radical (unpaired) electrons. The van der Waals surface area contributed by atoms with Crippen LogP contribution in [0.1, 0.15) is 19.0 Å². The van der Waals surface area contributed by atoms with Crippen LogP contribution in [0.5, 0.6) is 5.88 Å². The first-order valence-corrected chi connectivity index (χ1v) is 6.24. The predicted octanol–water partition coefficient (Wildman–Crippen LogP) is 0.811. The Morgan fingerprint density at radius 3 is 3.12 bits per heavy atom. The fourth-order valence-corrected chi connectivity index (χ4v) is 1.79. The first-order chi connectivity index (χ1) is 8.29. The van der Waals surface area contributed by atoms with Crippen molar-refractivity contribution in [2.75, 3.05) is 19.8 Å². The topological polar surface area (TPSA) is 73.8 Å². The Balaban J connectivity index is 1.78. The zero-order valence-electron chi connectivity index (χ0n) is 9.55. The van der Waals surface area contributed by atoms with E-state index in [-0.39, 0.29) is 12.1 Å². The van der Waals surface area contributed by atoms with Crippen LogP contribution in [0, 0.1) is 0 Å². The Morgan fingerprint density at radius 2 is 2.41 bits per heavy atom. The average molecular weight is 258 g/mol. The van der Waals surface area contributed by atoms with Gasteiger partial charge in [-0.2, -0.15) is 4.37 Å². The second-order valence-corrected chi connectivity index (χ2v) is 4.12. The molecule has 0 aromatic carbocycles. The Morgan fingerprint density at radius 1 is 1.59 bits per heavy atom. The van der Waals surface area contributed by atoms with Gasteiger partial charge in [-0.25, -0.2) is 0 Å².